The predicted molar refractivity (Wildman–Crippen MR) is 163 cm³/mol. The van der Waals surface area contributed by atoms with Crippen molar-refractivity contribution >= 4 is 29.5 Å². The van der Waals surface area contributed by atoms with Gasteiger partial charge in [-0.1, -0.05) is 41.5 Å². The van der Waals surface area contributed by atoms with Crippen LogP contribution in [-0.2, 0) is 24.0 Å². The molecule has 0 aromatic heterocycles. The predicted octanol–water partition coefficient (Wildman–Crippen LogP) is 1.75. The number of rotatable bonds is 11. The van der Waals surface area contributed by atoms with Crippen molar-refractivity contribution in [1.29, 1.82) is 0 Å². The highest BCUT2D eigenvalue weighted by Crippen LogP contribution is 2.28. The summed E-state index contributed by atoms with van der Waals surface area (Å²) in [5.74, 6) is -1.67. The van der Waals surface area contributed by atoms with Crippen LogP contribution < -0.4 is 16.0 Å². The zero-order chi connectivity index (χ0) is 32.1. The lowest BCUT2D eigenvalue weighted by molar-refractivity contribution is -0.153. The first-order valence-electron chi connectivity index (χ1n) is 15.6. The Bertz CT molecular complexity index is 991. The van der Waals surface area contributed by atoms with E-state index in [-0.39, 0.29) is 47.3 Å². The zero-order valence-electron chi connectivity index (χ0n) is 27.7. The second kappa shape index (κ2) is 14.7. The minimum atomic E-state index is -0.812. The zero-order valence-corrected chi connectivity index (χ0v) is 27.7. The van der Waals surface area contributed by atoms with Gasteiger partial charge < -0.3 is 30.7 Å². The van der Waals surface area contributed by atoms with Gasteiger partial charge in [0.25, 0.3) is 0 Å². The molecular formula is C31H56N6O5. The van der Waals surface area contributed by atoms with Crippen molar-refractivity contribution in [3.05, 3.63) is 0 Å². The van der Waals surface area contributed by atoms with Gasteiger partial charge in [0, 0.05) is 25.7 Å². The van der Waals surface area contributed by atoms with Gasteiger partial charge in [-0.2, -0.15) is 0 Å². The van der Waals surface area contributed by atoms with E-state index in [4.69, 9.17) is 0 Å². The van der Waals surface area contributed by atoms with E-state index >= 15 is 0 Å². The third-order valence-corrected chi connectivity index (χ3v) is 8.30. The number of nitrogens with zero attached hydrogens (tertiary/aromatic N) is 3. The summed E-state index contributed by atoms with van der Waals surface area (Å²) >= 11 is 0. The number of carbonyl (C=O) groups excluding carboxylic acids is 5. The van der Waals surface area contributed by atoms with Gasteiger partial charge in [-0.25, -0.2) is 0 Å². The second-order valence-corrected chi connectivity index (χ2v) is 14.0. The Balaban J connectivity index is 2.26. The van der Waals surface area contributed by atoms with E-state index in [0.717, 1.165) is 6.42 Å². The molecule has 11 nitrogen and oxygen atoms in total. The van der Waals surface area contributed by atoms with Crippen molar-refractivity contribution < 1.29 is 24.0 Å². The number of amides is 5. The largest absolute Gasteiger partial charge is 0.350 e. The van der Waals surface area contributed by atoms with Crippen LogP contribution in [0.25, 0.3) is 0 Å². The van der Waals surface area contributed by atoms with Crippen molar-refractivity contribution in [3.8, 4) is 0 Å². The summed E-state index contributed by atoms with van der Waals surface area (Å²) in [6.45, 7) is 18.0. The van der Waals surface area contributed by atoms with E-state index < -0.39 is 35.7 Å². The van der Waals surface area contributed by atoms with Crippen LogP contribution in [0.3, 0.4) is 0 Å². The maximum Gasteiger partial charge on any atom is 0.246 e. The molecule has 0 bridgehead atoms. The Hall–Kier alpha value is -2.69. The molecule has 2 fully saturated rings. The van der Waals surface area contributed by atoms with Crippen LogP contribution in [0.1, 0.15) is 88.0 Å². The average Bonchev–Trinajstić information content (AvgIpc) is 3.55. The molecule has 11 heteroatoms. The van der Waals surface area contributed by atoms with Crippen molar-refractivity contribution in [2.75, 3.05) is 27.2 Å². The van der Waals surface area contributed by atoms with E-state index in [0.29, 0.717) is 32.4 Å². The maximum absolute atomic E-state index is 14.1. The van der Waals surface area contributed by atoms with Gasteiger partial charge in [0.05, 0.1) is 6.04 Å². The number of nitrogens with one attached hydrogen (secondary N) is 3. The fourth-order valence-electron chi connectivity index (χ4n) is 6.18. The molecule has 2 aliphatic heterocycles. The van der Waals surface area contributed by atoms with E-state index in [2.05, 4.69) is 16.0 Å². The maximum atomic E-state index is 14.1. The number of carbonyl (C=O) groups is 5. The number of likely N-dealkylation sites (N-methyl/N-ethyl adjacent to an activating group) is 2. The number of likely N-dealkylation sites (tertiary alicyclic amines) is 2. The quantitative estimate of drug-likeness (QED) is 0.335. The van der Waals surface area contributed by atoms with Crippen molar-refractivity contribution in [2.24, 2.45) is 17.8 Å². The highest BCUT2D eigenvalue weighted by Gasteiger charge is 2.46. The van der Waals surface area contributed by atoms with Crippen LogP contribution in [0.2, 0.25) is 0 Å². The van der Waals surface area contributed by atoms with Crippen molar-refractivity contribution in [1.82, 2.24) is 30.7 Å². The van der Waals surface area contributed by atoms with Crippen LogP contribution in [-0.4, -0.2) is 107 Å². The molecule has 3 N–H and O–H groups in total. The summed E-state index contributed by atoms with van der Waals surface area (Å²) in [5, 5.41) is 8.91. The second-order valence-electron chi connectivity index (χ2n) is 14.0. The normalized spacial score (nSPS) is 21.5. The lowest BCUT2D eigenvalue weighted by Gasteiger charge is -2.38. The highest BCUT2D eigenvalue weighted by atomic mass is 16.2. The van der Waals surface area contributed by atoms with Gasteiger partial charge in [0.2, 0.25) is 29.5 Å². The Morgan fingerprint density at radius 2 is 1.31 bits per heavy atom. The molecule has 2 saturated heterocycles. The summed E-state index contributed by atoms with van der Waals surface area (Å²) in [5.41, 5.74) is -0.415. The van der Waals surface area contributed by atoms with E-state index in [9.17, 15) is 24.0 Å². The van der Waals surface area contributed by atoms with Crippen LogP contribution >= 0.6 is 0 Å². The molecule has 0 saturated carbocycles. The Labute approximate surface area is 252 Å². The first kappa shape index (κ1) is 35.5. The first-order valence-corrected chi connectivity index (χ1v) is 15.6. The first-order chi connectivity index (χ1) is 19.4. The highest BCUT2D eigenvalue weighted by molar-refractivity contribution is 5.96. The smallest absolute Gasteiger partial charge is 0.246 e. The van der Waals surface area contributed by atoms with Crippen LogP contribution in [0.5, 0.6) is 0 Å². The molecule has 0 spiro atoms. The van der Waals surface area contributed by atoms with Gasteiger partial charge in [-0.15, -0.1) is 0 Å². The van der Waals surface area contributed by atoms with E-state index in [1.807, 2.05) is 62.3 Å². The Morgan fingerprint density at radius 3 is 1.79 bits per heavy atom. The monoisotopic (exact) mass is 592 g/mol. The van der Waals surface area contributed by atoms with Gasteiger partial charge >= 0.3 is 0 Å². The molecule has 5 amide bonds. The Kier molecular flexibility index (Phi) is 12.4. The molecule has 0 aromatic rings. The summed E-state index contributed by atoms with van der Waals surface area (Å²) in [7, 11) is 3.32. The van der Waals surface area contributed by atoms with Crippen molar-refractivity contribution in [2.45, 2.75) is 124 Å². The molecule has 2 rings (SSSR count). The van der Waals surface area contributed by atoms with E-state index in [1.54, 1.807) is 23.9 Å². The SMILES string of the molecule is CN[C@H](C(=O)N[C@H](C(=O)N(C)[C@H](C(=O)N1CCC[C@H]1C(=O)N1CCC[C@H]1C(=O)NC(C)(C)C)C(C)C)C(C)C)C(C)C. The molecule has 5 atom stereocenters. The van der Waals surface area contributed by atoms with Gasteiger partial charge in [-0.05, 0) is 71.3 Å². The molecule has 2 heterocycles. The third kappa shape index (κ3) is 8.45. The lowest BCUT2D eigenvalue weighted by Crippen LogP contribution is -2.61. The molecule has 42 heavy (non-hydrogen) atoms. The van der Waals surface area contributed by atoms with Crippen molar-refractivity contribution in [3.63, 3.8) is 0 Å². The molecule has 0 aromatic carbocycles. The number of hydrogen-bond acceptors (Lipinski definition) is 6. The minimum Gasteiger partial charge on any atom is -0.350 e. The lowest BCUT2D eigenvalue weighted by atomic mass is 9.96. The van der Waals surface area contributed by atoms with Crippen LogP contribution in [0.15, 0.2) is 0 Å². The van der Waals surface area contributed by atoms with E-state index in [1.165, 1.54) is 4.90 Å². The summed E-state index contributed by atoms with van der Waals surface area (Å²) in [6, 6.07) is -3.31. The third-order valence-electron chi connectivity index (χ3n) is 8.30. The molecule has 0 unspecified atom stereocenters. The summed E-state index contributed by atoms with van der Waals surface area (Å²) < 4.78 is 0. The molecule has 0 aliphatic carbocycles. The molecule has 2 aliphatic rings. The van der Waals surface area contributed by atoms with Gasteiger partial charge in [-0.3, -0.25) is 24.0 Å². The number of hydrogen-bond donors (Lipinski definition) is 3. The standard InChI is InChI=1S/C31H56N6O5/c1-18(2)23(32-10)27(39)33-24(19(3)4)29(41)35(11)25(20(5)6)30(42)37-17-13-15-22(37)28(40)36-16-12-14-21(36)26(38)34-31(7,8)9/h18-25,32H,12-17H2,1-11H3,(H,33,39)(H,34,38)/t21-,22-,23-,24-,25-/m0/s1. The fourth-order valence-corrected chi connectivity index (χ4v) is 6.18. The van der Waals surface area contributed by atoms with Gasteiger partial charge in [0.1, 0.15) is 24.2 Å². The molecular weight excluding hydrogens is 536 g/mol. The van der Waals surface area contributed by atoms with Crippen LogP contribution in [0, 0.1) is 17.8 Å². The minimum absolute atomic E-state index is 0.0278. The summed E-state index contributed by atoms with van der Waals surface area (Å²) in [4.78, 5) is 72.4. The topological polar surface area (TPSA) is 131 Å². The fraction of sp³-hybridized carbons (Fsp3) is 0.839. The summed E-state index contributed by atoms with van der Waals surface area (Å²) in [6.07, 6.45) is 2.51. The Morgan fingerprint density at radius 1 is 0.786 bits per heavy atom. The van der Waals surface area contributed by atoms with Gasteiger partial charge in [0.15, 0.2) is 0 Å². The van der Waals surface area contributed by atoms with Crippen LogP contribution in [0.4, 0.5) is 0 Å². The average molecular weight is 593 g/mol. The molecule has 240 valence electrons. The molecule has 0 radical (unpaired) electrons.